The van der Waals surface area contributed by atoms with Crippen LogP contribution < -0.4 is 0 Å². The SMILES string of the molecule is CC.CN(C)CCn1ccc2c3c(ccc21)S(=O)CCC3. The minimum absolute atomic E-state index is 0.790. The molecular formula is C17H26N2OS. The van der Waals surface area contributed by atoms with Gasteiger partial charge in [-0.15, -0.1) is 0 Å². The van der Waals surface area contributed by atoms with Gasteiger partial charge in [-0.05, 0) is 50.7 Å². The molecule has 1 aromatic heterocycles. The number of aryl methyl sites for hydroxylation is 1. The largest absolute Gasteiger partial charge is 0.346 e. The van der Waals surface area contributed by atoms with E-state index in [0.717, 1.165) is 36.6 Å². The lowest BCUT2D eigenvalue weighted by atomic mass is 10.1. The number of benzene rings is 1. The molecule has 0 saturated heterocycles. The molecule has 0 aliphatic carbocycles. The highest BCUT2D eigenvalue weighted by molar-refractivity contribution is 7.85. The van der Waals surface area contributed by atoms with E-state index in [1.807, 2.05) is 13.8 Å². The number of rotatable bonds is 3. The summed E-state index contributed by atoms with van der Waals surface area (Å²) in [6.07, 6.45) is 4.27. The van der Waals surface area contributed by atoms with Crippen molar-refractivity contribution in [2.45, 2.75) is 38.1 Å². The minimum Gasteiger partial charge on any atom is -0.346 e. The molecule has 0 N–H and O–H groups in total. The number of hydrogen-bond donors (Lipinski definition) is 0. The number of aromatic nitrogens is 1. The van der Waals surface area contributed by atoms with Crippen molar-refractivity contribution in [3.63, 3.8) is 0 Å². The van der Waals surface area contributed by atoms with Gasteiger partial charge in [0.2, 0.25) is 0 Å². The first-order chi connectivity index (χ1) is 10.2. The van der Waals surface area contributed by atoms with Gasteiger partial charge in [0.25, 0.3) is 0 Å². The Labute approximate surface area is 130 Å². The van der Waals surface area contributed by atoms with E-state index >= 15 is 0 Å². The van der Waals surface area contributed by atoms with Gasteiger partial charge >= 0.3 is 0 Å². The summed E-state index contributed by atoms with van der Waals surface area (Å²) in [6.45, 7) is 6.03. The van der Waals surface area contributed by atoms with Crippen LogP contribution in [0.15, 0.2) is 29.3 Å². The van der Waals surface area contributed by atoms with Gasteiger partial charge in [-0.3, -0.25) is 4.21 Å². The van der Waals surface area contributed by atoms with Crippen molar-refractivity contribution in [1.82, 2.24) is 9.47 Å². The van der Waals surface area contributed by atoms with Gasteiger partial charge in [0.05, 0.1) is 10.8 Å². The summed E-state index contributed by atoms with van der Waals surface area (Å²) in [5.74, 6) is 0.819. The molecule has 2 heterocycles. The standard InChI is InChI=1S/C15H20N2OS.C2H6/c1-16(2)9-10-17-8-7-12-13-4-3-11-19(18)15(13)6-5-14(12)17;1-2/h5-8H,3-4,9-11H2,1-2H3;1-2H3. The quantitative estimate of drug-likeness (QED) is 0.869. The Kier molecular flexibility index (Phi) is 5.59. The third kappa shape index (κ3) is 3.38. The maximum atomic E-state index is 12.0. The van der Waals surface area contributed by atoms with Crippen molar-refractivity contribution in [2.24, 2.45) is 0 Å². The summed E-state index contributed by atoms with van der Waals surface area (Å²) in [7, 11) is 3.40. The summed E-state index contributed by atoms with van der Waals surface area (Å²) in [5, 5.41) is 1.30. The van der Waals surface area contributed by atoms with Crippen molar-refractivity contribution >= 4 is 21.7 Å². The number of likely N-dealkylation sites (N-methyl/N-ethyl adjacent to an activating group) is 1. The van der Waals surface area contributed by atoms with Crippen LogP contribution in [-0.2, 0) is 23.8 Å². The van der Waals surface area contributed by atoms with Crippen LogP contribution in [0.2, 0.25) is 0 Å². The van der Waals surface area contributed by atoms with Crippen LogP contribution in [-0.4, -0.2) is 40.1 Å². The number of fused-ring (bicyclic) bond motifs is 3. The molecule has 3 rings (SSSR count). The van der Waals surface area contributed by atoms with Crippen molar-refractivity contribution in [3.8, 4) is 0 Å². The number of nitrogens with zero attached hydrogens (tertiary/aromatic N) is 2. The Balaban J connectivity index is 0.000000774. The van der Waals surface area contributed by atoms with Crippen molar-refractivity contribution < 1.29 is 4.21 Å². The van der Waals surface area contributed by atoms with Crippen LogP contribution in [0.5, 0.6) is 0 Å². The zero-order valence-electron chi connectivity index (χ0n) is 13.6. The predicted molar refractivity (Wildman–Crippen MR) is 91.4 cm³/mol. The molecule has 0 saturated carbocycles. The molecule has 116 valence electrons. The van der Waals surface area contributed by atoms with E-state index in [1.165, 1.54) is 16.5 Å². The molecule has 1 unspecified atom stereocenters. The van der Waals surface area contributed by atoms with Gasteiger partial charge in [0.1, 0.15) is 0 Å². The Hall–Kier alpha value is -1.13. The zero-order valence-corrected chi connectivity index (χ0v) is 14.4. The summed E-state index contributed by atoms with van der Waals surface area (Å²) < 4.78 is 14.3. The lowest BCUT2D eigenvalue weighted by Crippen LogP contribution is -2.18. The van der Waals surface area contributed by atoms with Crippen LogP contribution in [0.3, 0.4) is 0 Å². The van der Waals surface area contributed by atoms with E-state index in [-0.39, 0.29) is 0 Å². The minimum atomic E-state index is -0.790. The second-order valence-electron chi connectivity index (χ2n) is 5.44. The first kappa shape index (κ1) is 16.2. The summed E-state index contributed by atoms with van der Waals surface area (Å²) in [6, 6.07) is 6.39. The molecule has 1 aliphatic rings. The van der Waals surface area contributed by atoms with E-state index in [2.05, 4.69) is 48.0 Å². The molecule has 3 nitrogen and oxygen atoms in total. The van der Waals surface area contributed by atoms with Gasteiger partial charge in [0, 0.05) is 40.8 Å². The van der Waals surface area contributed by atoms with Crippen molar-refractivity contribution in [3.05, 3.63) is 30.0 Å². The Morgan fingerprint density at radius 1 is 1.24 bits per heavy atom. The van der Waals surface area contributed by atoms with Gasteiger partial charge < -0.3 is 9.47 Å². The molecule has 1 atom stereocenters. The lowest BCUT2D eigenvalue weighted by Gasteiger charge is -2.17. The van der Waals surface area contributed by atoms with E-state index in [4.69, 9.17) is 0 Å². The summed E-state index contributed by atoms with van der Waals surface area (Å²) >= 11 is 0. The lowest BCUT2D eigenvalue weighted by molar-refractivity contribution is 0.387. The molecule has 1 aromatic carbocycles. The highest BCUT2D eigenvalue weighted by Crippen LogP contribution is 2.30. The molecule has 0 amide bonds. The van der Waals surface area contributed by atoms with Gasteiger partial charge in [-0.2, -0.15) is 0 Å². The molecular weight excluding hydrogens is 280 g/mol. The fourth-order valence-corrected chi connectivity index (χ4v) is 4.11. The average molecular weight is 306 g/mol. The van der Waals surface area contributed by atoms with Crippen LogP contribution >= 0.6 is 0 Å². The molecule has 0 spiro atoms. The molecule has 0 bridgehead atoms. The maximum Gasteiger partial charge on any atom is 0.0532 e. The first-order valence-corrected chi connectivity index (χ1v) is 9.12. The third-order valence-corrected chi connectivity index (χ3v) is 5.34. The number of hydrogen-bond acceptors (Lipinski definition) is 2. The monoisotopic (exact) mass is 306 g/mol. The van der Waals surface area contributed by atoms with Crippen molar-refractivity contribution in [2.75, 3.05) is 26.4 Å². The van der Waals surface area contributed by atoms with Crippen LogP contribution in [0.25, 0.3) is 10.9 Å². The van der Waals surface area contributed by atoms with Crippen LogP contribution in [0, 0.1) is 0 Å². The second kappa shape index (κ2) is 7.23. The molecule has 1 aliphatic heterocycles. The molecule has 2 aromatic rings. The van der Waals surface area contributed by atoms with E-state index in [1.54, 1.807) is 0 Å². The average Bonchev–Trinajstić information content (AvgIpc) is 2.91. The van der Waals surface area contributed by atoms with Crippen molar-refractivity contribution in [1.29, 1.82) is 0 Å². The van der Waals surface area contributed by atoms with Crippen LogP contribution in [0.1, 0.15) is 25.8 Å². The van der Waals surface area contributed by atoms with E-state index in [0.29, 0.717) is 0 Å². The predicted octanol–water partition coefficient (Wildman–Crippen LogP) is 3.28. The summed E-state index contributed by atoms with van der Waals surface area (Å²) in [4.78, 5) is 3.25. The summed E-state index contributed by atoms with van der Waals surface area (Å²) in [5.41, 5.74) is 2.59. The third-order valence-electron chi connectivity index (χ3n) is 3.81. The Morgan fingerprint density at radius 3 is 2.71 bits per heavy atom. The highest BCUT2D eigenvalue weighted by atomic mass is 32.2. The second-order valence-corrected chi connectivity index (χ2v) is 6.98. The molecule has 4 heteroatoms. The molecule has 0 fully saturated rings. The topological polar surface area (TPSA) is 25.2 Å². The fourth-order valence-electron chi connectivity index (χ4n) is 2.78. The highest BCUT2D eigenvalue weighted by Gasteiger charge is 2.19. The van der Waals surface area contributed by atoms with Crippen LogP contribution in [0.4, 0.5) is 0 Å². The smallest absolute Gasteiger partial charge is 0.0532 e. The maximum absolute atomic E-state index is 12.0. The Morgan fingerprint density at radius 2 is 2.00 bits per heavy atom. The normalized spacial score (nSPS) is 17.5. The van der Waals surface area contributed by atoms with Gasteiger partial charge in [0.15, 0.2) is 0 Å². The Bertz CT molecular complexity index is 631. The first-order valence-electron chi connectivity index (χ1n) is 7.80. The van der Waals surface area contributed by atoms with Gasteiger partial charge in [-0.25, -0.2) is 0 Å². The van der Waals surface area contributed by atoms with E-state index in [9.17, 15) is 4.21 Å². The van der Waals surface area contributed by atoms with E-state index < -0.39 is 10.8 Å². The van der Waals surface area contributed by atoms with Gasteiger partial charge in [-0.1, -0.05) is 13.8 Å². The fraction of sp³-hybridized carbons (Fsp3) is 0.529. The zero-order chi connectivity index (χ0) is 15.4. The molecule has 0 radical (unpaired) electrons. The molecule has 21 heavy (non-hydrogen) atoms.